The minimum atomic E-state index is -0.449. The number of fused-ring (bicyclic) bond motifs is 1. The average Bonchev–Trinajstić information content (AvgIpc) is 2.84. The summed E-state index contributed by atoms with van der Waals surface area (Å²) in [4.78, 5) is 26.7. The molecule has 2 heterocycles. The van der Waals surface area contributed by atoms with Gasteiger partial charge in [0.05, 0.1) is 5.69 Å². The zero-order valence-electron chi connectivity index (χ0n) is 9.10. The fourth-order valence-corrected chi connectivity index (χ4v) is 2.48. The summed E-state index contributed by atoms with van der Waals surface area (Å²) in [5, 5.41) is 0. The van der Waals surface area contributed by atoms with Gasteiger partial charge in [-0.15, -0.1) is 0 Å². The van der Waals surface area contributed by atoms with Gasteiger partial charge in [-0.3, -0.25) is 4.79 Å². The number of carbonyl (C=O) groups excluding carboxylic acids is 2. The van der Waals surface area contributed by atoms with Crippen LogP contribution in [0.15, 0.2) is 24.3 Å². The number of anilines is 1. The highest BCUT2D eigenvalue weighted by Crippen LogP contribution is 2.31. The van der Waals surface area contributed by atoms with Crippen LogP contribution < -0.4 is 4.90 Å². The molecule has 2 saturated heterocycles. The molecule has 2 aliphatic heterocycles. The van der Waals surface area contributed by atoms with Gasteiger partial charge in [0, 0.05) is 6.54 Å². The number of hydrogen-bond donors (Lipinski definition) is 0. The van der Waals surface area contributed by atoms with Crippen LogP contribution >= 0.6 is 0 Å². The molecule has 0 spiro atoms. The third-order valence-corrected chi connectivity index (χ3v) is 3.26. The van der Waals surface area contributed by atoms with Crippen LogP contribution in [0.25, 0.3) is 0 Å². The maximum absolute atomic E-state index is 13.1. The zero-order chi connectivity index (χ0) is 12.0. The molecule has 2 aliphatic rings. The molecular formula is C12H11FN2O2. The first-order valence-corrected chi connectivity index (χ1v) is 5.58. The Labute approximate surface area is 97.6 Å². The molecule has 2 fully saturated rings. The molecule has 0 aliphatic carbocycles. The van der Waals surface area contributed by atoms with Crippen molar-refractivity contribution in [3.05, 3.63) is 30.1 Å². The van der Waals surface area contributed by atoms with Crippen molar-refractivity contribution in [3.8, 4) is 0 Å². The summed E-state index contributed by atoms with van der Waals surface area (Å²) in [7, 11) is 0. The van der Waals surface area contributed by atoms with E-state index in [0.29, 0.717) is 18.7 Å². The van der Waals surface area contributed by atoms with Gasteiger partial charge in [0.25, 0.3) is 5.91 Å². The van der Waals surface area contributed by atoms with E-state index in [0.717, 1.165) is 11.3 Å². The molecule has 1 aromatic rings. The van der Waals surface area contributed by atoms with Gasteiger partial charge < -0.3 is 4.90 Å². The van der Waals surface area contributed by atoms with Gasteiger partial charge in [-0.05, 0) is 31.0 Å². The van der Waals surface area contributed by atoms with Crippen molar-refractivity contribution >= 4 is 17.6 Å². The second-order valence-corrected chi connectivity index (χ2v) is 4.29. The van der Waals surface area contributed by atoms with E-state index in [1.165, 1.54) is 18.2 Å². The minimum absolute atomic E-state index is 0.238. The van der Waals surface area contributed by atoms with Crippen molar-refractivity contribution in [1.82, 2.24) is 4.90 Å². The molecule has 88 valence electrons. The van der Waals surface area contributed by atoms with E-state index >= 15 is 0 Å². The summed E-state index contributed by atoms with van der Waals surface area (Å²) in [6.45, 7) is 0.612. The maximum Gasteiger partial charge on any atom is 0.332 e. The van der Waals surface area contributed by atoms with Gasteiger partial charge in [-0.2, -0.15) is 0 Å². The van der Waals surface area contributed by atoms with E-state index in [2.05, 4.69) is 0 Å². The first-order valence-electron chi connectivity index (χ1n) is 5.58. The molecular weight excluding hydrogens is 223 g/mol. The summed E-state index contributed by atoms with van der Waals surface area (Å²) in [5.74, 6) is -0.687. The Morgan fingerprint density at radius 1 is 1.29 bits per heavy atom. The normalized spacial score (nSPS) is 23.5. The first kappa shape index (κ1) is 10.3. The smallest absolute Gasteiger partial charge is 0.312 e. The number of carbonyl (C=O) groups is 2. The summed E-state index contributed by atoms with van der Waals surface area (Å²) in [6.07, 6.45) is 1.57. The molecule has 17 heavy (non-hydrogen) atoms. The molecule has 3 amide bonds. The van der Waals surface area contributed by atoms with Crippen molar-refractivity contribution in [3.63, 3.8) is 0 Å². The van der Waals surface area contributed by atoms with E-state index in [-0.39, 0.29) is 18.0 Å². The predicted molar refractivity (Wildman–Crippen MR) is 59.0 cm³/mol. The van der Waals surface area contributed by atoms with E-state index in [1.807, 2.05) is 0 Å². The lowest BCUT2D eigenvalue weighted by Gasteiger charge is -2.15. The van der Waals surface area contributed by atoms with Gasteiger partial charge >= 0.3 is 6.03 Å². The number of amides is 3. The second kappa shape index (κ2) is 3.55. The molecule has 1 unspecified atom stereocenters. The van der Waals surface area contributed by atoms with Crippen molar-refractivity contribution in [2.45, 2.75) is 18.9 Å². The molecule has 0 N–H and O–H groups in total. The van der Waals surface area contributed by atoms with E-state index < -0.39 is 5.82 Å². The molecule has 0 bridgehead atoms. The maximum atomic E-state index is 13.1. The topological polar surface area (TPSA) is 40.6 Å². The number of rotatable bonds is 1. The van der Waals surface area contributed by atoms with Crippen LogP contribution in [-0.4, -0.2) is 29.4 Å². The van der Waals surface area contributed by atoms with Crippen LogP contribution in [0.4, 0.5) is 14.9 Å². The van der Waals surface area contributed by atoms with E-state index in [4.69, 9.17) is 0 Å². The van der Waals surface area contributed by atoms with Crippen LogP contribution in [0.5, 0.6) is 0 Å². The van der Waals surface area contributed by atoms with E-state index in [9.17, 15) is 14.0 Å². The summed E-state index contributed by atoms with van der Waals surface area (Å²) in [6, 6.07) is 4.89. The van der Waals surface area contributed by atoms with Crippen LogP contribution in [0.1, 0.15) is 12.8 Å². The molecule has 0 radical (unpaired) electrons. The average molecular weight is 234 g/mol. The van der Waals surface area contributed by atoms with Crippen molar-refractivity contribution in [2.75, 3.05) is 11.4 Å². The quantitative estimate of drug-likeness (QED) is 0.695. The summed E-state index contributed by atoms with van der Waals surface area (Å²) >= 11 is 0. The number of benzene rings is 1. The lowest BCUT2D eigenvalue weighted by Crippen LogP contribution is -2.33. The Morgan fingerprint density at radius 2 is 2.12 bits per heavy atom. The Kier molecular flexibility index (Phi) is 2.14. The van der Waals surface area contributed by atoms with Gasteiger partial charge in [0.1, 0.15) is 11.9 Å². The molecule has 3 rings (SSSR count). The third-order valence-electron chi connectivity index (χ3n) is 3.26. The number of imide groups is 1. The number of nitrogens with zero attached hydrogens (tertiary/aromatic N) is 2. The number of hydrogen-bond acceptors (Lipinski definition) is 2. The van der Waals surface area contributed by atoms with Gasteiger partial charge in [-0.1, -0.05) is 6.07 Å². The largest absolute Gasteiger partial charge is 0.332 e. The van der Waals surface area contributed by atoms with Crippen LogP contribution in [0.2, 0.25) is 0 Å². The van der Waals surface area contributed by atoms with Crippen LogP contribution in [-0.2, 0) is 4.79 Å². The molecule has 1 atom stereocenters. The van der Waals surface area contributed by atoms with E-state index in [1.54, 1.807) is 11.0 Å². The second-order valence-electron chi connectivity index (χ2n) is 4.29. The number of halogens is 1. The third kappa shape index (κ3) is 1.42. The standard InChI is InChI=1S/C12H11FN2O2/c13-8-3-1-4-9(7-8)15-11(16)10-5-2-6-14(10)12(15)17/h1,3-4,7,10H,2,5-6H2. The highest BCUT2D eigenvalue weighted by Gasteiger charge is 2.47. The molecule has 0 saturated carbocycles. The predicted octanol–water partition coefficient (Wildman–Crippen LogP) is 1.76. The van der Waals surface area contributed by atoms with Gasteiger partial charge in [-0.25, -0.2) is 14.1 Å². The molecule has 0 aromatic heterocycles. The monoisotopic (exact) mass is 234 g/mol. The summed E-state index contributed by atoms with van der Waals surface area (Å²) in [5.41, 5.74) is 0.314. The Balaban J connectivity index is 1.99. The SMILES string of the molecule is O=C1C2CCCN2C(=O)N1c1cccc(F)c1. The van der Waals surface area contributed by atoms with Crippen molar-refractivity contribution in [1.29, 1.82) is 0 Å². The fraction of sp³-hybridized carbons (Fsp3) is 0.333. The Bertz CT molecular complexity index is 481. The number of urea groups is 1. The highest BCUT2D eigenvalue weighted by molar-refractivity contribution is 6.21. The Hall–Kier alpha value is -1.91. The summed E-state index contributed by atoms with van der Waals surface area (Å²) < 4.78 is 13.1. The van der Waals surface area contributed by atoms with Gasteiger partial charge in [0.15, 0.2) is 0 Å². The van der Waals surface area contributed by atoms with Crippen LogP contribution in [0, 0.1) is 5.82 Å². The first-order chi connectivity index (χ1) is 8.18. The van der Waals surface area contributed by atoms with Crippen molar-refractivity contribution < 1.29 is 14.0 Å². The van der Waals surface area contributed by atoms with Crippen LogP contribution in [0.3, 0.4) is 0 Å². The lowest BCUT2D eigenvalue weighted by atomic mass is 10.2. The molecule has 4 nitrogen and oxygen atoms in total. The van der Waals surface area contributed by atoms with Crippen molar-refractivity contribution in [2.24, 2.45) is 0 Å². The highest BCUT2D eigenvalue weighted by atomic mass is 19.1. The molecule has 5 heteroatoms. The zero-order valence-corrected chi connectivity index (χ0v) is 9.10. The van der Waals surface area contributed by atoms with Gasteiger partial charge in [0.2, 0.25) is 0 Å². The Morgan fingerprint density at radius 3 is 2.82 bits per heavy atom. The fourth-order valence-electron chi connectivity index (χ4n) is 2.48. The lowest BCUT2D eigenvalue weighted by molar-refractivity contribution is -0.119. The minimum Gasteiger partial charge on any atom is -0.312 e. The molecule has 1 aromatic carbocycles.